The number of hydrogen-bond donors (Lipinski definition) is 0. The molecule has 0 fully saturated rings. The molecule has 0 nitrogen and oxygen atoms in total. The van der Waals surface area contributed by atoms with Crippen LogP contribution in [0.5, 0.6) is 0 Å². The minimum absolute atomic E-state index is 1.22. The highest BCUT2D eigenvalue weighted by Gasteiger charge is 2.25. The third kappa shape index (κ3) is 0.626. The number of rotatable bonds is 0. The van der Waals surface area contributed by atoms with Gasteiger partial charge in [-0.05, 0) is 35.1 Å². The number of benzene rings is 1. The summed E-state index contributed by atoms with van der Waals surface area (Å²) in [7, 11) is 0. The lowest BCUT2D eigenvalue weighted by atomic mass is 9.75. The lowest BCUT2D eigenvalue weighted by molar-refractivity contribution is 1.04. The molecule has 2 aliphatic carbocycles. The van der Waals surface area contributed by atoms with E-state index >= 15 is 0 Å². The normalized spacial score (nSPS) is 18.3. The second kappa shape index (κ2) is 2.10. The van der Waals surface area contributed by atoms with E-state index in [0.717, 1.165) is 0 Å². The fourth-order valence-corrected chi connectivity index (χ4v) is 2.08. The second-order valence-corrected chi connectivity index (χ2v) is 3.36. The van der Waals surface area contributed by atoms with E-state index in [0.29, 0.717) is 0 Å². The van der Waals surface area contributed by atoms with Crippen LogP contribution in [-0.4, -0.2) is 0 Å². The zero-order valence-electron chi connectivity index (χ0n) is 6.88. The first-order chi connectivity index (χ1) is 5.97. The summed E-state index contributed by atoms with van der Waals surface area (Å²) in [4.78, 5) is 0. The van der Waals surface area contributed by atoms with Gasteiger partial charge in [0, 0.05) is 0 Å². The maximum atomic E-state index is 2.36. The van der Waals surface area contributed by atoms with Crippen molar-refractivity contribution in [2.45, 2.75) is 12.8 Å². The molecule has 0 aromatic heterocycles. The van der Waals surface area contributed by atoms with Crippen molar-refractivity contribution in [1.82, 2.24) is 0 Å². The molecule has 12 heavy (non-hydrogen) atoms. The van der Waals surface area contributed by atoms with Gasteiger partial charge in [0.25, 0.3) is 0 Å². The van der Waals surface area contributed by atoms with Crippen molar-refractivity contribution < 1.29 is 0 Å². The fraction of sp³-hybridized carbons (Fsp3) is 0.167. The standard InChI is InChI=1S/C12H10/c1-2-6-10-9(5-1)11-7-3-4-8-12(10)11/h1-2,5-8H,3-4H2. The van der Waals surface area contributed by atoms with E-state index in [1.54, 1.807) is 0 Å². The summed E-state index contributed by atoms with van der Waals surface area (Å²) >= 11 is 0. The molecule has 3 rings (SSSR count). The molecule has 0 amide bonds. The Kier molecular flexibility index (Phi) is 1.09. The monoisotopic (exact) mass is 154 g/mol. The van der Waals surface area contributed by atoms with Crippen molar-refractivity contribution in [2.24, 2.45) is 0 Å². The summed E-state index contributed by atoms with van der Waals surface area (Å²) in [5.74, 6) is 0. The van der Waals surface area contributed by atoms with E-state index in [4.69, 9.17) is 0 Å². The van der Waals surface area contributed by atoms with Gasteiger partial charge < -0.3 is 0 Å². The zero-order valence-corrected chi connectivity index (χ0v) is 6.88. The average molecular weight is 154 g/mol. The van der Waals surface area contributed by atoms with Gasteiger partial charge in [0.05, 0.1) is 0 Å². The highest BCUT2D eigenvalue weighted by Crippen LogP contribution is 2.47. The van der Waals surface area contributed by atoms with Crippen LogP contribution < -0.4 is 0 Å². The van der Waals surface area contributed by atoms with Gasteiger partial charge in [-0.1, -0.05) is 36.4 Å². The Morgan fingerprint density at radius 3 is 1.75 bits per heavy atom. The largest absolute Gasteiger partial charge is 0.0757 e. The van der Waals surface area contributed by atoms with Crippen molar-refractivity contribution >= 4 is 11.1 Å². The Hall–Kier alpha value is -1.30. The van der Waals surface area contributed by atoms with E-state index in [-0.39, 0.29) is 0 Å². The summed E-state index contributed by atoms with van der Waals surface area (Å²) in [6.07, 6.45) is 7.15. The third-order valence-corrected chi connectivity index (χ3v) is 2.66. The summed E-state index contributed by atoms with van der Waals surface area (Å²) in [6, 6.07) is 8.66. The minimum atomic E-state index is 1.22. The molecule has 2 aliphatic rings. The Morgan fingerprint density at radius 1 is 0.750 bits per heavy atom. The van der Waals surface area contributed by atoms with Gasteiger partial charge in [-0.25, -0.2) is 0 Å². The molecule has 0 aliphatic heterocycles. The summed E-state index contributed by atoms with van der Waals surface area (Å²) in [5, 5.41) is 0. The minimum Gasteiger partial charge on any atom is -0.0757 e. The Labute approximate surface area is 72.2 Å². The molecule has 0 N–H and O–H groups in total. The van der Waals surface area contributed by atoms with Crippen molar-refractivity contribution in [3.05, 3.63) is 47.5 Å². The second-order valence-electron chi connectivity index (χ2n) is 3.36. The number of allylic oxidation sites excluding steroid dienone is 4. The highest BCUT2D eigenvalue weighted by atomic mass is 14.3. The first-order valence-corrected chi connectivity index (χ1v) is 4.47. The smallest absolute Gasteiger partial charge is 0.0102 e. The van der Waals surface area contributed by atoms with Gasteiger partial charge in [0.1, 0.15) is 0 Å². The van der Waals surface area contributed by atoms with Crippen LogP contribution in [0, 0.1) is 0 Å². The van der Waals surface area contributed by atoms with Crippen molar-refractivity contribution in [3.8, 4) is 0 Å². The molecule has 0 bridgehead atoms. The molecule has 1 aromatic rings. The fourth-order valence-electron chi connectivity index (χ4n) is 2.08. The number of hydrogen-bond acceptors (Lipinski definition) is 0. The molecule has 0 radical (unpaired) electrons. The van der Waals surface area contributed by atoms with E-state index in [1.807, 2.05) is 0 Å². The van der Waals surface area contributed by atoms with E-state index in [9.17, 15) is 0 Å². The third-order valence-electron chi connectivity index (χ3n) is 2.66. The molecule has 0 saturated carbocycles. The average Bonchev–Trinajstić information content (AvgIpc) is 2.14. The van der Waals surface area contributed by atoms with Crippen LogP contribution in [0.3, 0.4) is 0 Å². The maximum Gasteiger partial charge on any atom is -0.0102 e. The van der Waals surface area contributed by atoms with Crippen LogP contribution in [0.2, 0.25) is 0 Å². The van der Waals surface area contributed by atoms with Crippen molar-refractivity contribution in [2.75, 3.05) is 0 Å². The van der Waals surface area contributed by atoms with Gasteiger partial charge in [-0.3, -0.25) is 0 Å². The molecule has 58 valence electrons. The molecule has 0 saturated heterocycles. The van der Waals surface area contributed by atoms with Gasteiger partial charge in [0.15, 0.2) is 0 Å². The van der Waals surface area contributed by atoms with Crippen molar-refractivity contribution in [1.29, 1.82) is 0 Å². The lowest BCUT2D eigenvalue weighted by Crippen LogP contribution is -2.07. The molecule has 0 heteroatoms. The van der Waals surface area contributed by atoms with Gasteiger partial charge in [0.2, 0.25) is 0 Å². The molecule has 1 aromatic carbocycles. The van der Waals surface area contributed by atoms with Crippen LogP contribution >= 0.6 is 0 Å². The molecule has 0 spiro atoms. The predicted molar refractivity (Wildman–Crippen MR) is 51.6 cm³/mol. The van der Waals surface area contributed by atoms with E-state index in [2.05, 4.69) is 36.4 Å². The number of fused-ring (bicyclic) bond motifs is 4. The lowest BCUT2D eigenvalue weighted by Gasteiger charge is -2.29. The molecule has 0 unspecified atom stereocenters. The van der Waals surface area contributed by atoms with Gasteiger partial charge in [-0.2, -0.15) is 0 Å². The summed E-state index contributed by atoms with van der Waals surface area (Å²) < 4.78 is 0. The quantitative estimate of drug-likeness (QED) is 0.538. The van der Waals surface area contributed by atoms with Crippen LogP contribution in [0.15, 0.2) is 36.4 Å². The highest BCUT2D eigenvalue weighted by molar-refractivity contribution is 6.17. The van der Waals surface area contributed by atoms with E-state index in [1.165, 1.54) is 35.1 Å². The first kappa shape index (κ1) is 6.24. The Bertz CT molecular complexity index is 355. The topological polar surface area (TPSA) is 0 Å². The van der Waals surface area contributed by atoms with Crippen LogP contribution in [0.25, 0.3) is 11.1 Å². The van der Waals surface area contributed by atoms with Crippen LogP contribution in [0.1, 0.15) is 24.0 Å². The summed E-state index contributed by atoms with van der Waals surface area (Å²) in [5.41, 5.74) is 5.86. The molecule has 0 heterocycles. The van der Waals surface area contributed by atoms with Crippen LogP contribution in [0.4, 0.5) is 0 Å². The van der Waals surface area contributed by atoms with Gasteiger partial charge in [-0.15, -0.1) is 0 Å². The SMILES string of the molecule is C1=C2C(=CCC1)c1ccccc12. The maximum absolute atomic E-state index is 2.36. The molecular formula is C12H10. The van der Waals surface area contributed by atoms with E-state index < -0.39 is 0 Å². The summed E-state index contributed by atoms with van der Waals surface area (Å²) in [6.45, 7) is 0. The molecular weight excluding hydrogens is 144 g/mol. The van der Waals surface area contributed by atoms with Crippen LogP contribution in [-0.2, 0) is 0 Å². The Morgan fingerprint density at radius 2 is 1.25 bits per heavy atom. The van der Waals surface area contributed by atoms with Gasteiger partial charge >= 0.3 is 0 Å². The zero-order chi connectivity index (χ0) is 7.97. The Balaban J connectivity index is 2.28. The first-order valence-electron chi connectivity index (χ1n) is 4.47. The predicted octanol–water partition coefficient (Wildman–Crippen LogP) is 3.26. The molecule has 0 atom stereocenters. The van der Waals surface area contributed by atoms with Crippen molar-refractivity contribution in [3.63, 3.8) is 0 Å².